The van der Waals surface area contributed by atoms with Crippen LogP contribution in [0.1, 0.15) is 32.8 Å². The lowest BCUT2D eigenvalue weighted by Crippen LogP contribution is -2.45. The van der Waals surface area contributed by atoms with Crippen LogP contribution in [-0.2, 0) is 25.7 Å². The smallest absolute Gasteiger partial charge is 0.408 e. The van der Waals surface area contributed by atoms with Crippen molar-refractivity contribution in [2.75, 3.05) is 6.61 Å². The molecule has 1 aromatic carbocycles. The van der Waals surface area contributed by atoms with E-state index >= 15 is 0 Å². The molecule has 1 aromatic rings. The molecule has 1 amide bonds. The molecule has 0 aliphatic rings. The van der Waals surface area contributed by atoms with Gasteiger partial charge in [0.15, 0.2) is 0 Å². The van der Waals surface area contributed by atoms with Gasteiger partial charge >= 0.3 is 18.0 Å². The van der Waals surface area contributed by atoms with Crippen LogP contribution in [-0.4, -0.2) is 46.5 Å². The van der Waals surface area contributed by atoms with E-state index < -0.39 is 35.6 Å². The van der Waals surface area contributed by atoms with Crippen LogP contribution in [0.25, 0.3) is 0 Å². The van der Waals surface area contributed by atoms with E-state index in [0.717, 1.165) is 5.56 Å². The van der Waals surface area contributed by atoms with Crippen molar-refractivity contribution >= 4 is 18.0 Å². The highest BCUT2D eigenvalue weighted by molar-refractivity contribution is 5.81. The van der Waals surface area contributed by atoms with E-state index in [1.165, 1.54) is 0 Å². The van der Waals surface area contributed by atoms with Crippen LogP contribution in [0, 0.1) is 5.92 Å². The Bertz CT molecular complexity index is 610. The number of rotatable bonds is 9. The molecule has 2 atom stereocenters. The third kappa shape index (κ3) is 8.48. The zero-order valence-electron chi connectivity index (χ0n) is 15.1. The molecular weight excluding hydrogens is 342 g/mol. The number of aliphatic carboxylic acids is 2. The number of carboxylic acids is 2. The lowest BCUT2D eigenvalue weighted by atomic mass is 10.0. The second-order valence-electron chi connectivity index (χ2n) is 6.81. The summed E-state index contributed by atoms with van der Waals surface area (Å²) in [5.74, 6) is -3.63. The summed E-state index contributed by atoms with van der Waals surface area (Å²) in [5, 5.41) is 20.7. The topological polar surface area (TPSA) is 122 Å². The van der Waals surface area contributed by atoms with Crippen molar-refractivity contribution in [2.24, 2.45) is 5.92 Å². The predicted molar refractivity (Wildman–Crippen MR) is 92.6 cm³/mol. The van der Waals surface area contributed by atoms with Crippen molar-refractivity contribution < 1.29 is 34.1 Å². The van der Waals surface area contributed by atoms with Gasteiger partial charge in [0.05, 0.1) is 19.1 Å². The summed E-state index contributed by atoms with van der Waals surface area (Å²) < 4.78 is 10.4. The molecule has 0 radical (unpaired) electrons. The predicted octanol–water partition coefficient (Wildman–Crippen LogP) is 2.27. The quantitative estimate of drug-likeness (QED) is 0.612. The summed E-state index contributed by atoms with van der Waals surface area (Å²) in [6, 6.07) is 7.78. The summed E-state index contributed by atoms with van der Waals surface area (Å²) in [6.07, 6.45) is -1.24. The van der Waals surface area contributed by atoms with Crippen LogP contribution < -0.4 is 5.32 Å². The van der Waals surface area contributed by atoms with Gasteiger partial charge in [0.2, 0.25) is 0 Å². The Hall–Kier alpha value is -2.61. The summed E-state index contributed by atoms with van der Waals surface area (Å²) in [7, 11) is 0. The van der Waals surface area contributed by atoms with Crippen molar-refractivity contribution in [1.82, 2.24) is 5.32 Å². The van der Waals surface area contributed by atoms with Gasteiger partial charge in [-0.25, -0.2) is 9.59 Å². The van der Waals surface area contributed by atoms with Crippen molar-refractivity contribution in [3.8, 4) is 0 Å². The normalized spacial score (nSPS) is 13.5. The Labute approximate surface area is 152 Å². The maximum atomic E-state index is 11.7. The number of alkyl carbamates (subject to hydrolysis) is 1. The minimum Gasteiger partial charge on any atom is -0.481 e. The van der Waals surface area contributed by atoms with Crippen molar-refractivity contribution in [1.29, 1.82) is 0 Å². The summed E-state index contributed by atoms with van der Waals surface area (Å²) in [5.41, 5.74) is 0.0799. The van der Waals surface area contributed by atoms with E-state index in [1.54, 1.807) is 20.8 Å². The number of benzene rings is 1. The molecule has 26 heavy (non-hydrogen) atoms. The van der Waals surface area contributed by atoms with Crippen LogP contribution in [0.4, 0.5) is 4.79 Å². The molecule has 0 aliphatic carbocycles. The molecule has 1 rings (SSSR count). The first-order chi connectivity index (χ1) is 12.1. The highest BCUT2D eigenvalue weighted by atomic mass is 16.6. The average Bonchev–Trinajstić information content (AvgIpc) is 2.51. The monoisotopic (exact) mass is 367 g/mol. The van der Waals surface area contributed by atoms with Gasteiger partial charge < -0.3 is 25.0 Å². The molecule has 0 saturated heterocycles. The molecule has 0 fully saturated rings. The zero-order valence-corrected chi connectivity index (χ0v) is 15.1. The van der Waals surface area contributed by atoms with Crippen molar-refractivity contribution in [2.45, 2.75) is 45.4 Å². The zero-order chi connectivity index (χ0) is 19.7. The molecular formula is C18H25NO7. The van der Waals surface area contributed by atoms with Gasteiger partial charge in [0, 0.05) is 0 Å². The van der Waals surface area contributed by atoms with Crippen LogP contribution in [0.2, 0.25) is 0 Å². The van der Waals surface area contributed by atoms with E-state index in [-0.39, 0.29) is 19.6 Å². The number of amides is 1. The molecule has 0 bridgehead atoms. The summed E-state index contributed by atoms with van der Waals surface area (Å²) >= 11 is 0. The van der Waals surface area contributed by atoms with Gasteiger partial charge in [-0.2, -0.15) is 0 Å². The molecule has 144 valence electrons. The molecule has 0 unspecified atom stereocenters. The number of hydrogen-bond acceptors (Lipinski definition) is 5. The van der Waals surface area contributed by atoms with Crippen molar-refractivity contribution in [3.63, 3.8) is 0 Å². The van der Waals surface area contributed by atoms with Crippen molar-refractivity contribution in [3.05, 3.63) is 35.9 Å². The fourth-order valence-electron chi connectivity index (χ4n) is 2.09. The second-order valence-corrected chi connectivity index (χ2v) is 6.81. The largest absolute Gasteiger partial charge is 0.481 e. The van der Waals surface area contributed by atoms with Gasteiger partial charge in [-0.3, -0.25) is 4.79 Å². The van der Waals surface area contributed by atoms with E-state index in [4.69, 9.17) is 9.47 Å². The number of carbonyl (C=O) groups excluding carboxylic acids is 1. The number of nitrogens with one attached hydrogen (secondary N) is 1. The molecule has 0 saturated carbocycles. The number of hydrogen-bond donors (Lipinski definition) is 3. The third-order valence-corrected chi connectivity index (χ3v) is 3.29. The first-order valence-corrected chi connectivity index (χ1v) is 8.15. The Kier molecular flexibility index (Phi) is 8.05. The van der Waals surface area contributed by atoms with Gasteiger partial charge in [-0.15, -0.1) is 0 Å². The Morgan fingerprint density at radius 1 is 1.08 bits per heavy atom. The molecule has 8 nitrogen and oxygen atoms in total. The number of ether oxygens (including phenoxy) is 2. The van der Waals surface area contributed by atoms with E-state index in [0.29, 0.717) is 0 Å². The number of carboxylic acid groups (broad SMARTS) is 2. The van der Waals surface area contributed by atoms with Gasteiger partial charge in [0.1, 0.15) is 11.6 Å². The van der Waals surface area contributed by atoms with Gasteiger partial charge in [-0.1, -0.05) is 30.3 Å². The summed E-state index contributed by atoms with van der Waals surface area (Å²) in [6.45, 7) is 4.95. The Morgan fingerprint density at radius 3 is 2.19 bits per heavy atom. The number of carbonyl (C=O) groups is 3. The lowest BCUT2D eigenvalue weighted by molar-refractivity contribution is -0.146. The highest BCUT2D eigenvalue weighted by Gasteiger charge is 2.30. The average molecular weight is 367 g/mol. The van der Waals surface area contributed by atoms with Crippen LogP contribution in [0.5, 0.6) is 0 Å². The molecule has 0 heterocycles. The Balaban J connectivity index is 2.61. The lowest BCUT2D eigenvalue weighted by Gasteiger charge is -2.23. The SMILES string of the molecule is CC(C)(C)OC(=O)N[C@@H](C[C@H](COCc1ccccc1)C(=O)O)C(=O)O. The van der Waals surface area contributed by atoms with Crippen LogP contribution in [0.15, 0.2) is 30.3 Å². The minimum absolute atomic E-state index is 0.177. The fraction of sp³-hybridized carbons (Fsp3) is 0.500. The Morgan fingerprint density at radius 2 is 1.69 bits per heavy atom. The maximum absolute atomic E-state index is 11.7. The molecule has 0 aliphatic heterocycles. The van der Waals surface area contributed by atoms with Crippen LogP contribution in [0.3, 0.4) is 0 Å². The first kappa shape index (κ1) is 21.4. The van der Waals surface area contributed by atoms with Gasteiger partial charge in [0.25, 0.3) is 0 Å². The minimum atomic E-state index is -1.40. The molecule has 3 N–H and O–H groups in total. The second kappa shape index (κ2) is 9.76. The maximum Gasteiger partial charge on any atom is 0.408 e. The summed E-state index contributed by atoms with van der Waals surface area (Å²) in [4.78, 5) is 34.5. The van der Waals surface area contributed by atoms with E-state index in [9.17, 15) is 24.6 Å². The highest BCUT2D eigenvalue weighted by Crippen LogP contribution is 2.12. The molecule has 8 heteroatoms. The van der Waals surface area contributed by atoms with Crippen LogP contribution >= 0.6 is 0 Å². The fourth-order valence-corrected chi connectivity index (χ4v) is 2.09. The van der Waals surface area contributed by atoms with E-state index in [1.807, 2.05) is 30.3 Å². The molecule has 0 aromatic heterocycles. The third-order valence-electron chi connectivity index (χ3n) is 3.29. The standard InChI is InChI=1S/C18H25NO7/c1-18(2,3)26-17(24)19-14(16(22)23)9-13(15(20)21)11-25-10-12-7-5-4-6-8-12/h4-8,13-14H,9-11H2,1-3H3,(H,19,24)(H,20,21)(H,22,23)/t13-,14+/m1/s1. The first-order valence-electron chi connectivity index (χ1n) is 8.15. The molecule has 0 spiro atoms. The van der Waals surface area contributed by atoms with E-state index in [2.05, 4.69) is 5.32 Å². The van der Waals surface area contributed by atoms with Gasteiger partial charge in [-0.05, 0) is 32.8 Å².